The molecular formula is C17H33IN6O3S2. The number of thiazole rings is 1. The molecule has 1 N–H and O–H groups in total. The third-order valence-corrected chi connectivity index (χ3v) is 7.18. The Kier molecular flexibility index (Phi) is 11.1. The van der Waals surface area contributed by atoms with Crippen LogP contribution in [0.3, 0.4) is 0 Å². The lowest BCUT2D eigenvalue weighted by Crippen LogP contribution is -2.54. The minimum Gasteiger partial charge on any atom is -0.378 e. The van der Waals surface area contributed by atoms with Gasteiger partial charge < -0.3 is 19.9 Å². The Labute approximate surface area is 195 Å². The fourth-order valence-electron chi connectivity index (χ4n) is 2.78. The first-order chi connectivity index (χ1) is 13.2. The lowest BCUT2D eigenvalue weighted by atomic mass is 10.4. The predicted octanol–water partition coefficient (Wildman–Crippen LogP) is 1.27. The van der Waals surface area contributed by atoms with E-state index in [4.69, 9.17) is 4.74 Å². The molecule has 9 nitrogen and oxygen atoms in total. The monoisotopic (exact) mass is 560 g/mol. The van der Waals surface area contributed by atoms with Gasteiger partial charge >= 0.3 is 0 Å². The van der Waals surface area contributed by atoms with Gasteiger partial charge in [0.15, 0.2) is 11.1 Å². The number of nitrogens with one attached hydrogen (secondary N) is 1. The second-order valence-electron chi connectivity index (χ2n) is 7.04. The smallest absolute Gasteiger partial charge is 0.216 e. The molecule has 0 aromatic carbocycles. The maximum atomic E-state index is 12.5. The van der Waals surface area contributed by atoms with Crippen LogP contribution in [0.15, 0.2) is 10.4 Å². The van der Waals surface area contributed by atoms with Crippen LogP contribution in [0, 0.1) is 0 Å². The largest absolute Gasteiger partial charge is 0.378 e. The molecule has 0 atom stereocenters. The fourth-order valence-corrected chi connectivity index (χ4v) is 4.82. The number of nitrogens with zero attached hydrogens (tertiary/aromatic N) is 5. The maximum Gasteiger partial charge on any atom is 0.216 e. The summed E-state index contributed by atoms with van der Waals surface area (Å²) in [5, 5.41) is 6.31. The summed E-state index contributed by atoms with van der Waals surface area (Å²) in [6.45, 7) is 6.72. The van der Waals surface area contributed by atoms with E-state index >= 15 is 0 Å². The van der Waals surface area contributed by atoms with Crippen molar-refractivity contribution in [3.05, 3.63) is 11.1 Å². The summed E-state index contributed by atoms with van der Waals surface area (Å²) in [6, 6.07) is 0. The average Bonchev–Trinajstić information content (AvgIpc) is 3.11. The van der Waals surface area contributed by atoms with Gasteiger partial charge in [-0.2, -0.15) is 4.31 Å². The van der Waals surface area contributed by atoms with Gasteiger partial charge in [-0.05, 0) is 13.8 Å². The number of anilines is 1. The Hall–Kier alpha value is -0.700. The Balaban J connectivity index is 0.00000420. The number of halogens is 1. The molecule has 29 heavy (non-hydrogen) atoms. The first-order valence-electron chi connectivity index (χ1n) is 9.39. The van der Waals surface area contributed by atoms with Crippen LogP contribution in [-0.2, 0) is 21.3 Å². The molecule has 1 aromatic heterocycles. The summed E-state index contributed by atoms with van der Waals surface area (Å²) >= 11 is 1.60. The Morgan fingerprint density at radius 2 is 2.00 bits per heavy atom. The van der Waals surface area contributed by atoms with E-state index in [2.05, 4.69) is 20.2 Å². The average molecular weight is 561 g/mol. The van der Waals surface area contributed by atoms with E-state index in [0.29, 0.717) is 32.7 Å². The zero-order valence-corrected chi connectivity index (χ0v) is 21.8. The van der Waals surface area contributed by atoms with E-state index in [1.165, 1.54) is 0 Å². The van der Waals surface area contributed by atoms with Crippen molar-refractivity contribution in [3.63, 3.8) is 0 Å². The predicted molar refractivity (Wildman–Crippen MR) is 130 cm³/mol. The minimum absolute atomic E-state index is 0. The first-order valence-corrected chi connectivity index (χ1v) is 11.9. The van der Waals surface area contributed by atoms with Crippen LogP contribution in [0.5, 0.6) is 0 Å². The molecule has 1 aromatic rings. The Morgan fingerprint density at radius 3 is 2.52 bits per heavy atom. The van der Waals surface area contributed by atoms with E-state index in [1.54, 1.807) is 22.7 Å². The number of sulfonamides is 1. The van der Waals surface area contributed by atoms with Crippen molar-refractivity contribution < 1.29 is 13.2 Å². The van der Waals surface area contributed by atoms with Crippen molar-refractivity contribution in [1.29, 1.82) is 0 Å². The number of guanidine groups is 1. The quantitative estimate of drug-likeness (QED) is 0.291. The van der Waals surface area contributed by atoms with Crippen LogP contribution in [-0.4, -0.2) is 94.4 Å². The molecule has 2 rings (SSSR count). The molecule has 0 bridgehead atoms. The number of hydrogen-bond acceptors (Lipinski definition) is 7. The molecule has 1 saturated heterocycles. The third-order valence-electron chi connectivity index (χ3n) is 4.29. The highest BCUT2D eigenvalue weighted by atomic mass is 127. The molecule has 12 heteroatoms. The number of rotatable bonds is 8. The van der Waals surface area contributed by atoms with Gasteiger partial charge in [0.2, 0.25) is 10.0 Å². The van der Waals surface area contributed by atoms with Gasteiger partial charge in [0.25, 0.3) is 0 Å². The summed E-state index contributed by atoms with van der Waals surface area (Å²) in [5.41, 5.74) is 0.959. The molecule has 1 aliphatic rings. The molecular weight excluding hydrogens is 527 g/mol. The van der Waals surface area contributed by atoms with Crippen molar-refractivity contribution in [2.24, 2.45) is 4.99 Å². The second kappa shape index (κ2) is 12.2. The van der Waals surface area contributed by atoms with Gasteiger partial charge in [-0.1, -0.05) is 0 Å². The van der Waals surface area contributed by atoms with Gasteiger partial charge in [0.1, 0.15) is 0 Å². The van der Waals surface area contributed by atoms with Crippen LogP contribution in [0.25, 0.3) is 0 Å². The highest BCUT2D eigenvalue weighted by Crippen LogP contribution is 2.17. The summed E-state index contributed by atoms with van der Waals surface area (Å²) in [5.74, 6) is 0.788. The maximum absolute atomic E-state index is 12.5. The van der Waals surface area contributed by atoms with E-state index in [0.717, 1.165) is 16.8 Å². The molecule has 0 aliphatic carbocycles. The summed E-state index contributed by atoms with van der Waals surface area (Å²) in [6.07, 6.45) is 0.0352. The lowest BCUT2D eigenvalue weighted by Gasteiger charge is -2.35. The highest BCUT2D eigenvalue weighted by Gasteiger charge is 2.28. The van der Waals surface area contributed by atoms with Gasteiger partial charge in [-0.3, -0.25) is 4.99 Å². The molecule has 0 spiro atoms. The first kappa shape index (κ1) is 26.3. The normalized spacial score (nSPS) is 16.1. The van der Waals surface area contributed by atoms with Crippen LogP contribution in [0.2, 0.25) is 0 Å². The SMILES string of the molecule is CN=C(NCc1csc(N(C)C)n1)N1CCN(S(=O)(=O)CCOC(C)C)CC1.I. The van der Waals surface area contributed by atoms with Gasteiger partial charge in [0, 0.05) is 52.7 Å². The summed E-state index contributed by atoms with van der Waals surface area (Å²) in [7, 11) is 2.39. The molecule has 1 aliphatic heterocycles. The highest BCUT2D eigenvalue weighted by molar-refractivity contribution is 14.0. The Bertz CT molecular complexity index is 746. The van der Waals surface area contributed by atoms with Crippen molar-refractivity contribution >= 4 is 56.4 Å². The molecule has 168 valence electrons. The number of aromatic nitrogens is 1. The number of aliphatic imine (C=N–C) groups is 1. The van der Waals surface area contributed by atoms with E-state index < -0.39 is 10.0 Å². The van der Waals surface area contributed by atoms with Gasteiger partial charge in [-0.15, -0.1) is 35.3 Å². The van der Waals surface area contributed by atoms with Crippen LogP contribution < -0.4 is 10.2 Å². The third kappa shape index (κ3) is 8.15. The van der Waals surface area contributed by atoms with E-state index in [-0.39, 0.29) is 42.4 Å². The molecule has 0 radical (unpaired) electrons. The van der Waals surface area contributed by atoms with Crippen molar-refractivity contribution in [2.45, 2.75) is 26.5 Å². The van der Waals surface area contributed by atoms with E-state index in [9.17, 15) is 8.42 Å². The topological polar surface area (TPSA) is 90.4 Å². The van der Waals surface area contributed by atoms with Gasteiger partial charge in [0.05, 0.1) is 30.7 Å². The van der Waals surface area contributed by atoms with Crippen LogP contribution in [0.4, 0.5) is 5.13 Å². The minimum atomic E-state index is -3.29. The number of piperazine rings is 1. The molecule has 0 saturated carbocycles. The van der Waals surface area contributed by atoms with Crippen molar-refractivity contribution in [2.75, 3.05) is 64.6 Å². The fraction of sp³-hybridized carbons (Fsp3) is 0.765. The summed E-state index contributed by atoms with van der Waals surface area (Å²) in [4.78, 5) is 12.9. The zero-order valence-electron chi connectivity index (χ0n) is 17.8. The standard InChI is InChI=1S/C17H32N6O3S2.HI/c1-14(2)26-10-11-28(24,25)23-8-6-22(7-9-23)16(18-3)19-12-15-13-27-17(20-15)21(4)5;/h13-14H,6-12H2,1-5H3,(H,18,19);1H. The number of ether oxygens (including phenoxy) is 1. The molecule has 2 heterocycles. The molecule has 1 fully saturated rings. The van der Waals surface area contributed by atoms with Crippen molar-refractivity contribution in [3.8, 4) is 0 Å². The van der Waals surface area contributed by atoms with Crippen LogP contribution in [0.1, 0.15) is 19.5 Å². The summed E-state index contributed by atoms with van der Waals surface area (Å²) < 4.78 is 31.8. The van der Waals surface area contributed by atoms with Crippen molar-refractivity contribution in [1.82, 2.24) is 19.5 Å². The Morgan fingerprint density at radius 1 is 1.34 bits per heavy atom. The second-order valence-corrected chi connectivity index (χ2v) is 9.96. The molecule has 0 amide bonds. The van der Waals surface area contributed by atoms with Gasteiger partial charge in [-0.25, -0.2) is 13.4 Å². The van der Waals surface area contributed by atoms with Crippen LogP contribution >= 0.6 is 35.3 Å². The zero-order chi connectivity index (χ0) is 20.7. The molecule has 0 unspecified atom stereocenters. The lowest BCUT2D eigenvalue weighted by molar-refractivity contribution is 0.0904. The van der Waals surface area contributed by atoms with E-state index in [1.807, 2.05) is 38.2 Å². The number of hydrogen-bond donors (Lipinski definition) is 1.